The zero-order chi connectivity index (χ0) is 11.0. The summed E-state index contributed by atoms with van der Waals surface area (Å²) in [5.41, 5.74) is 2.01. The lowest BCUT2D eigenvalue weighted by Gasteiger charge is -1.94. The van der Waals surface area contributed by atoms with Crippen LogP contribution in [0.15, 0.2) is 23.3 Å². The lowest BCUT2D eigenvalue weighted by molar-refractivity contribution is -0.431. The Morgan fingerprint density at radius 1 is 1.60 bits per heavy atom. The second kappa shape index (κ2) is 3.47. The van der Waals surface area contributed by atoms with Crippen molar-refractivity contribution in [3.63, 3.8) is 0 Å². The molecule has 0 spiro atoms. The Bertz CT molecular complexity index is 494. The van der Waals surface area contributed by atoms with Gasteiger partial charge in [-0.15, -0.1) is 0 Å². The minimum atomic E-state index is -0.912. The van der Waals surface area contributed by atoms with E-state index in [1.165, 1.54) is 4.68 Å². The smallest absolute Gasteiger partial charge is 0.309 e. The Hall–Kier alpha value is -1.68. The number of aliphatic carboxylic acids is 1. The fraction of sp³-hybridized carbons (Fsp3) is 0.100. The maximum Gasteiger partial charge on any atom is 0.309 e. The molecule has 0 atom stereocenters. The molecule has 1 aliphatic heterocycles. The Morgan fingerprint density at radius 3 is 3.00 bits per heavy atom. The van der Waals surface area contributed by atoms with Crippen LogP contribution in [0.25, 0.3) is 0 Å². The van der Waals surface area contributed by atoms with Crippen LogP contribution in [0.5, 0.6) is 0 Å². The first-order valence-electron chi connectivity index (χ1n) is 4.28. The van der Waals surface area contributed by atoms with E-state index < -0.39 is 5.97 Å². The van der Waals surface area contributed by atoms with E-state index in [0.29, 0.717) is 10.7 Å². The van der Waals surface area contributed by atoms with Crippen LogP contribution in [0.4, 0.5) is 5.69 Å². The number of fused-ring (bicyclic) bond motifs is 1. The summed E-state index contributed by atoms with van der Waals surface area (Å²) in [6, 6.07) is 5.17. The van der Waals surface area contributed by atoms with Crippen molar-refractivity contribution in [2.45, 2.75) is 6.42 Å². The first kappa shape index (κ1) is 9.86. The molecule has 1 N–H and O–H groups in total. The van der Waals surface area contributed by atoms with E-state index in [0.717, 1.165) is 11.3 Å². The van der Waals surface area contributed by atoms with Gasteiger partial charge in [0, 0.05) is 16.2 Å². The van der Waals surface area contributed by atoms with Gasteiger partial charge in [-0.05, 0) is 12.1 Å². The summed E-state index contributed by atoms with van der Waals surface area (Å²) in [5, 5.41) is 13.3. The third kappa shape index (κ3) is 1.76. The van der Waals surface area contributed by atoms with Gasteiger partial charge in [0.2, 0.25) is 5.69 Å². The number of hydrazone groups is 1. The fourth-order valence-corrected chi connectivity index (χ4v) is 1.66. The molecule has 0 saturated carbocycles. The highest BCUT2D eigenvalue weighted by atomic mass is 35.5. The molecule has 0 aromatic heterocycles. The summed E-state index contributed by atoms with van der Waals surface area (Å²) >= 11 is 5.82. The van der Waals surface area contributed by atoms with Gasteiger partial charge in [0.15, 0.2) is 6.72 Å². The van der Waals surface area contributed by atoms with Crippen LogP contribution in [0, 0.1) is 0 Å². The van der Waals surface area contributed by atoms with Crippen LogP contribution < -0.4 is 0 Å². The van der Waals surface area contributed by atoms with E-state index in [1.807, 2.05) is 0 Å². The largest absolute Gasteiger partial charge is 0.481 e. The minimum Gasteiger partial charge on any atom is -0.481 e. The molecule has 0 unspecified atom stereocenters. The van der Waals surface area contributed by atoms with E-state index in [4.69, 9.17) is 16.7 Å². The lowest BCUT2D eigenvalue weighted by Crippen LogP contribution is -2.05. The molecule has 15 heavy (non-hydrogen) atoms. The third-order valence-corrected chi connectivity index (χ3v) is 2.34. The van der Waals surface area contributed by atoms with E-state index >= 15 is 0 Å². The number of rotatable bonds is 2. The zero-order valence-electron chi connectivity index (χ0n) is 7.77. The number of carboxylic acids is 1. The van der Waals surface area contributed by atoms with Crippen LogP contribution in [0.3, 0.4) is 0 Å². The Labute approximate surface area is 91.1 Å². The molecule has 0 saturated heterocycles. The number of hydrogen-bond donors (Lipinski definition) is 1. The van der Waals surface area contributed by atoms with Crippen LogP contribution in [0.1, 0.15) is 12.0 Å². The molecule has 0 bridgehead atoms. The molecule has 0 amide bonds. The molecule has 0 aliphatic carbocycles. The molecular formula is C10H8ClN2O2+. The molecule has 1 heterocycles. The molecule has 2 rings (SSSR count). The van der Waals surface area contributed by atoms with Crippen molar-refractivity contribution in [2.24, 2.45) is 5.10 Å². The monoisotopic (exact) mass is 223 g/mol. The predicted octanol–water partition coefficient (Wildman–Crippen LogP) is 1.88. The van der Waals surface area contributed by atoms with Crippen molar-refractivity contribution >= 4 is 35.7 Å². The van der Waals surface area contributed by atoms with Crippen molar-refractivity contribution in [2.75, 3.05) is 0 Å². The summed E-state index contributed by atoms with van der Waals surface area (Å²) in [6.45, 7) is 3.67. The standard InChI is InChI=1S/C10H7ClN2O2/c1-13-9-4-6(11)2-3-7(9)8(12-13)5-10(14)15/h2-4H,1,5H2/p+1. The normalized spacial score (nSPS) is 13.7. The van der Waals surface area contributed by atoms with Crippen LogP contribution in [-0.4, -0.2) is 28.2 Å². The van der Waals surface area contributed by atoms with Crippen LogP contribution in [0.2, 0.25) is 5.02 Å². The van der Waals surface area contributed by atoms with Gasteiger partial charge in [0.05, 0.1) is 12.0 Å². The first-order valence-corrected chi connectivity index (χ1v) is 4.65. The van der Waals surface area contributed by atoms with Gasteiger partial charge in [-0.2, -0.15) is 0 Å². The van der Waals surface area contributed by atoms with Gasteiger partial charge in [0.1, 0.15) is 5.71 Å². The van der Waals surface area contributed by atoms with E-state index in [1.54, 1.807) is 18.2 Å². The first-order chi connectivity index (χ1) is 7.08. The van der Waals surface area contributed by atoms with Crippen molar-refractivity contribution in [3.05, 3.63) is 28.8 Å². The van der Waals surface area contributed by atoms with Gasteiger partial charge in [-0.3, -0.25) is 4.79 Å². The van der Waals surface area contributed by atoms with Crippen molar-refractivity contribution in [1.82, 2.24) is 0 Å². The summed E-state index contributed by atoms with van der Waals surface area (Å²) in [7, 11) is 0. The quantitative estimate of drug-likeness (QED) is 0.779. The molecule has 1 aromatic carbocycles. The van der Waals surface area contributed by atoms with E-state index in [-0.39, 0.29) is 6.42 Å². The molecule has 5 heteroatoms. The second-order valence-corrected chi connectivity index (χ2v) is 3.61. The molecule has 0 radical (unpaired) electrons. The topological polar surface area (TPSA) is 52.7 Å². The van der Waals surface area contributed by atoms with E-state index in [2.05, 4.69) is 11.8 Å². The zero-order valence-corrected chi connectivity index (χ0v) is 8.53. The number of carbonyl (C=O) groups is 1. The van der Waals surface area contributed by atoms with Gasteiger partial charge in [0.25, 0.3) is 0 Å². The van der Waals surface area contributed by atoms with Crippen LogP contribution in [-0.2, 0) is 4.79 Å². The number of hydrogen-bond acceptors (Lipinski definition) is 2. The number of benzene rings is 1. The average Bonchev–Trinajstić information content (AvgIpc) is 2.42. The summed E-state index contributed by atoms with van der Waals surface area (Å²) in [4.78, 5) is 10.6. The molecule has 76 valence electrons. The van der Waals surface area contributed by atoms with Crippen molar-refractivity contribution in [1.29, 1.82) is 0 Å². The van der Waals surface area contributed by atoms with Crippen LogP contribution >= 0.6 is 11.6 Å². The van der Waals surface area contributed by atoms with Gasteiger partial charge in [-0.1, -0.05) is 16.3 Å². The molecule has 0 fully saturated rings. The van der Waals surface area contributed by atoms with E-state index in [9.17, 15) is 4.79 Å². The highest BCUT2D eigenvalue weighted by Crippen LogP contribution is 2.29. The maximum absolute atomic E-state index is 10.6. The van der Waals surface area contributed by atoms with Gasteiger partial charge < -0.3 is 5.11 Å². The number of nitrogens with zero attached hydrogens (tertiary/aromatic N) is 2. The Balaban J connectivity index is 2.46. The molecule has 1 aromatic rings. The lowest BCUT2D eigenvalue weighted by atomic mass is 10.1. The fourth-order valence-electron chi connectivity index (χ4n) is 1.49. The predicted molar refractivity (Wildman–Crippen MR) is 57.3 cm³/mol. The minimum absolute atomic E-state index is 0.110. The highest BCUT2D eigenvalue weighted by molar-refractivity contribution is 6.31. The summed E-state index contributed by atoms with van der Waals surface area (Å²) in [6.07, 6.45) is -0.110. The van der Waals surface area contributed by atoms with Gasteiger partial charge >= 0.3 is 5.97 Å². The molecular weight excluding hydrogens is 216 g/mol. The summed E-state index contributed by atoms with van der Waals surface area (Å²) in [5.74, 6) is -0.912. The maximum atomic E-state index is 10.6. The SMILES string of the molecule is C=[N+]1N=C(CC(=O)O)c2ccc(Cl)cc21. The molecule has 1 aliphatic rings. The third-order valence-electron chi connectivity index (χ3n) is 2.11. The number of carboxylic acid groups (broad SMARTS) is 1. The second-order valence-electron chi connectivity index (χ2n) is 3.18. The highest BCUT2D eigenvalue weighted by Gasteiger charge is 2.28. The Morgan fingerprint density at radius 2 is 2.33 bits per heavy atom. The van der Waals surface area contributed by atoms with Crippen molar-refractivity contribution < 1.29 is 14.6 Å². The van der Waals surface area contributed by atoms with Crippen molar-refractivity contribution in [3.8, 4) is 0 Å². The molecule has 4 nitrogen and oxygen atoms in total. The summed E-state index contributed by atoms with van der Waals surface area (Å²) < 4.78 is 1.39. The van der Waals surface area contributed by atoms with Gasteiger partial charge in [-0.25, -0.2) is 0 Å². The average molecular weight is 224 g/mol. The Kier molecular flexibility index (Phi) is 2.28. The number of halogens is 1.